The smallest absolute Gasteiger partial charge is 0.227 e. The maximum Gasteiger partial charge on any atom is 0.227 e. The van der Waals surface area contributed by atoms with Crippen molar-refractivity contribution < 1.29 is 14.3 Å². The molecule has 2 atom stereocenters. The molecule has 5 heteroatoms. The molecule has 2 N–H and O–H groups in total. The highest BCUT2D eigenvalue weighted by Gasteiger charge is 2.32. The van der Waals surface area contributed by atoms with Gasteiger partial charge in [0.15, 0.2) is 0 Å². The minimum Gasteiger partial charge on any atom is -0.379 e. The molecule has 0 aromatic rings. The van der Waals surface area contributed by atoms with Crippen molar-refractivity contribution >= 4 is 5.91 Å². The first kappa shape index (κ1) is 15.4. The molecule has 0 radical (unpaired) electrons. The molecule has 1 amide bonds. The molecule has 0 bridgehead atoms. The molecule has 0 aromatic carbocycles. The van der Waals surface area contributed by atoms with E-state index in [2.05, 4.69) is 10.6 Å². The van der Waals surface area contributed by atoms with Crippen LogP contribution >= 0.6 is 0 Å². The lowest BCUT2D eigenvalue weighted by Crippen LogP contribution is -2.44. The molecule has 0 spiro atoms. The highest BCUT2D eigenvalue weighted by atomic mass is 16.5. The van der Waals surface area contributed by atoms with Crippen molar-refractivity contribution in [1.82, 2.24) is 10.6 Å². The molecular weight excluding hydrogens is 232 g/mol. The summed E-state index contributed by atoms with van der Waals surface area (Å²) in [6.07, 6.45) is 1.10. The Bertz CT molecular complexity index is 246. The van der Waals surface area contributed by atoms with E-state index in [4.69, 9.17) is 9.47 Å². The number of hydrogen-bond acceptors (Lipinski definition) is 4. The molecule has 1 rings (SSSR count). The summed E-state index contributed by atoms with van der Waals surface area (Å²) >= 11 is 0. The summed E-state index contributed by atoms with van der Waals surface area (Å²) in [5.41, 5.74) is 0. The second kappa shape index (κ2) is 8.45. The van der Waals surface area contributed by atoms with Crippen LogP contribution in [-0.2, 0) is 14.3 Å². The van der Waals surface area contributed by atoms with E-state index in [1.54, 1.807) is 0 Å². The van der Waals surface area contributed by atoms with Gasteiger partial charge in [0.25, 0.3) is 0 Å². The average Bonchev–Trinajstić information content (AvgIpc) is 2.77. The van der Waals surface area contributed by atoms with E-state index in [0.29, 0.717) is 26.4 Å². The minimum atomic E-state index is -0.0593. The van der Waals surface area contributed by atoms with Crippen LogP contribution in [0.1, 0.15) is 27.2 Å². The molecule has 1 heterocycles. The van der Waals surface area contributed by atoms with Gasteiger partial charge in [-0.2, -0.15) is 0 Å². The molecule has 1 fully saturated rings. The van der Waals surface area contributed by atoms with E-state index >= 15 is 0 Å². The number of hydrogen-bond donors (Lipinski definition) is 2. The van der Waals surface area contributed by atoms with Gasteiger partial charge in [0.05, 0.1) is 25.2 Å². The molecule has 106 valence electrons. The number of likely N-dealkylation sites (N-methyl/N-ethyl adjacent to an activating group) is 1. The Morgan fingerprint density at radius 3 is 2.89 bits per heavy atom. The third-order valence-electron chi connectivity index (χ3n) is 2.96. The van der Waals surface area contributed by atoms with E-state index in [0.717, 1.165) is 13.0 Å². The lowest BCUT2D eigenvalue weighted by molar-refractivity contribution is -0.125. The van der Waals surface area contributed by atoms with Crippen LogP contribution in [0, 0.1) is 5.92 Å². The summed E-state index contributed by atoms with van der Waals surface area (Å²) in [7, 11) is 0. The van der Waals surface area contributed by atoms with Crippen LogP contribution in [0.4, 0.5) is 0 Å². The summed E-state index contributed by atoms with van der Waals surface area (Å²) < 4.78 is 10.8. The van der Waals surface area contributed by atoms with Crippen LogP contribution in [0.2, 0.25) is 0 Å². The zero-order chi connectivity index (χ0) is 13.4. The van der Waals surface area contributed by atoms with Gasteiger partial charge in [-0.25, -0.2) is 0 Å². The van der Waals surface area contributed by atoms with E-state index < -0.39 is 0 Å². The first-order valence-electron chi connectivity index (χ1n) is 6.85. The molecule has 2 unspecified atom stereocenters. The second-order valence-corrected chi connectivity index (χ2v) is 4.87. The normalized spacial score (nSPS) is 23.6. The van der Waals surface area contributed by atoms with Crippen molar-refractivity contribution in [1.29, 1.82) is 0 Å². The Morgan fingerprint density at radius 2 is 2.22 bits per heavy atom. The fourth-order valence-corrected chi connectivity index (χ4v) is 2.01. The molecule has 1 saturated heterocycles. The summed E-state index contributed by atoms with van der Waals surface area (Å²) in [5, 5.41) is 6.23. The monoisotopic (exact) mass is 258 g/mol. The maximum atomic E-state index is 12.0. The van der Waals surface area contributed by atoms with Gasteiger partial charge in [-0.15, -0.1) is 0 Å². The number of amides is 1. The molecule has 1 aliphatic rings. The maximum absolute atomic E-state index is 12.0. The van der Waals surface area contributed by atoms with Crippen LogP contribution in [0.3, 0.4) is 0 Å². The van der Waals surface area contributed by atoms with E-state index in [1.165, 1.54) is 0 Å². The quantitative estimate of drug-likeness (QED) is 0.624. The number of nitrogens with one attached hydrogen (secondary N) is 2. The molecule has 18 heavy (non-hydrogen) atoms. The number of rotatable bonds is 8. The van der Waals surface area contributed by atoms with Crippen molar-refractivity contribution in [2.45, 2.75) is 39.3 Å². The third kappa shape index (κ3) is 5.33. The van der Waals surface area contributed by atoms with Crippen LogP contribution in [0.15, 0.2) is 0 Å². The lowest BCUT2D eigenvalue weighted by atomic mass is 10.0. The average molecular weight is 258 g/mol. The fraction of sp³-hybridized carbons (Fsp3) is 0.923. The van der Waals surface area contributed by atoms with Crippen LogP contribution in [0.25, 0.3) is 0 Å². The Kier molecular flexibility index (Phi) is 7.23. The van der Waals surface area contributed by atoms with Gasteiger partial charge in [-0.3, -0.25) is 4.79 Å². The lowest BCUT2D eigenvalue weighted by Gasteiger charge is -2.17. The van der Waals surface area contributed by atoms with Gasteiger partial charge in [-0.05, 0) is 26.8 Å². The highest BCUT2D eigenvalue weighted by molar-refractivity contribution is 5.79. The minimum absolute atomic E-state index is 0.0593. The zero-order valence-electron chi connectivity index (χ0n) is 11.7. The van der Waals surface area contributed by atoms with Crippen LogP contribution in [-0.4, -0.2) is 51.0 Å². The van der Waals surface area contributed by atoms with Crippen LogP contribution < -0.4 is 10.6 Å². The van der Waals surface area contributed by atoms with Crippen molar-refractivity contribution in [3.8, 4) is 0 Å². The van der Waals surface area contributed by atoms with Crippen molar-refractivity contribution in [3.05, 3.63) is 0 Å². The summed E-state index contributed by atoms with van der Waals surface area (Å²) in [6, 6.07) is 0.155. The van der Waals surface area contributed by atoms with E-state index in [-0.39, 0.29) is 24.0 Å². The van der Waals surface area contributed by atoms with Crippen LogP contribution in [0.5, 0.6) is 0 Å². The first-order valence-corrected chi connectivity index (χ1v) is 6.85. The van der Waals surface area contributed by atoms with Crippen molar-refractivity contribution in [2.24, 2.45) is 5.92 Å². The van der Waals surface area contributed by atoms with E-state index in [9.17, 15) is 4.79 Å². The number of carbonyl (C=O) groups excluding carboxylic acids is 1. The Morgan fingerprint density at radius 1 is 1.44 bits per heavy atom. The predicted octanol–water partition coefficient (Wildman–Crippen LogP) is 0.542. The molecule has 0 aromatic heterocycles. The molecule has 1 aliphatic heterocycles. The molecule has 0 saturated carbocycles. The summed E-state index contributed by atoms with van der Waals surface area (Å²) in [4.78, 5) is 12.0. The van der Waals surface area contributed by atoms with Crippen molar-refractivity contribution in [2.75, 3.05) is 32.9 Å². The topological polar surface area (TPSA) is 59.6 Å². The van der Waals surface area contributed by atoms with E-state index in [1.807, 2.05) is 20.8 Å². The SMILES string of the molecule is CCNC1COCC1C(=O)NCCCOC(C)C. The fourth-order valence-electron chi connectivity index (χ4n) is 2.01. The van der Waals surface area contributed by atoms with Gasteiger partial charge < -0.3 is 20.1 Å². The summed E-state index contributed by atoms with van der Waals surface area (Å²) in [5.74, 6) is 0.0268. The Hall–Kier alpha value is -0.650. The summed E-state index contributed by atoms with van der Waals surface area (Å²) in [6.45, 7) is 9.42. The third-order valence-corrected chi connectivity index (χ3v) is 2.96. The zero-order valence-corrected chi connectivity index (χ0v) is 11.7. The van der Waals surface area contributed by atoms with Gasteiger partial charge >= 0.3 is 0 Å². The van der Waals surface area contributed by atoms with Gasteiger partial charge in [0, 0.05) is 19.2 Å². The molecule has 5 nitrogen and oxygen atoms in total. The highest BCUT2D eigenvalue weighted by Crippen LogP contribution is 2.13. The van der Waals surface area contributed by atoms with Gasteiger partial charge in [0.1, 0.15) is 0 Å². The standard InChI is InChI=1S/C13H26N2O3/c1-4-14-12-9-17-8-11(12)13(16)15-6-5-7-18-10(2)3/h10-12,14H,4-9H2,1-3H3,(H,15,16). The van der Waals surface area contributed by atoms with Crippen molar-refractivity contribution in [3.63, 3.8) is 0 Å². The molecule has 0 aliphatic carbocycles. The van der Waals surface area contributed by atoms with Gasteiger partial charge in [0.2, 0.25) is 5.91 Å². The predicted molar refractivity (Wildman–Crippen MR) is 70.5 cm³/mol. The number of ether oxygens (including phenoxy) is 2. The van der Waals surface area contributed by atoms with Gasteiger partial charge in [-0.1, -0.05) is 6.92 Å². The Labute approximate surface area is 110 Å². The molecular formula is C13H26N2O3. The number of carbonyl (C=O) groups is 1. The Balaban J connectivity index is 2.15. The second-order valence-electron chi connectivity index (χ2n) is 4.87. The largest absolute Gasteiger partial charge is 0.379 e. The first-order chi connectivity index (χ1) is 8.65.